The molecule has 1 fully saturated rings. The summed E-state index contributed by atoms with van der Waals surface area (Å²) < 4.78 is 49.1. The minimum atomic E-state index is -4.41. The van der Waals surface area contributed by atoms with Gasteiger partial charge in [-0.1, -0.05) is 17.3 Å². The molecule has 0 aliphatic carbocycles. The van der Waals surface area contributed by atoms with Crippen LogP contribution in [-0.2, 0) is 24.0 Å². The van der Waals surface area contributed by atoms with Gasteiger partial charge >= 0.3 is 6.18 Å². The van der Waals surface area contributed by atoms with E-state index in [0.717, 1.165) is 34.8 Å². The fourth-order valence-corrected chi connectivity index (χ4v) is 3.78. The Morgan fingerprint density at radius 3 is 2.32 bits per heavy atom. The van der Waals surface area contributed by atoms with Gasteiger partial charge in [0.05, 0.1) is 23.2 Å². The Hall–Kier alpha value is -3.56. The quantitative estimate of drug-likeness (QED) is 0.534. The van der Waals surface area contributed by atoms with E-state index in [2.05, 4.69) is 10.1 Å². The van der Waals surface area contributed by atoms with E-state index < -0.39 is 11.7 Å². The zero-order chi connectivity index (χ0) is 24.3. The maximum atomic E-state index is 12.7. The lowest BCUT2D eigenvalue weighted by molar-refractivity contribution is -0.137. The summed E-state index contributed by atoms with van der Waals surface area (Å²) in [5.41, 5.74) is 1.82. The molecule has 3 aromatic rings. The number of carbonyl (C=O) groups excluding carboxylic acids is 1. The average molecular weight is 474 g/mol. The Kier molecular flexibility index (Phi) is 6.76. The molecular weight excluding hydrogens is 449 g/mol. The van der Waals surface area contributed by atoms with E-state index in [0.29, 0.717) is 44.4 Å². The maximum Gasteiger partial charge on any atom is 0.417 e. The number of rotatable bonds is 6. The second-order valence-corrected chi connectivity index (χ2v) is 8.18. The number of carbonyl (C=O) groups is 1. The first kappa shape index (κ1) is 23.6. The lowest BCUT2D eigenvalue weighted by atomic mass is 10.1. The molecule has 0 radical (unpaired) electrons. The van der Waals surface area contributed by atoms with E-state index in [1.165, 1.54) is 6.07 Å². The summed E-state index contributed by atoms with van der Waals surface area (Å²) in [4.78, 5) is 20.3. The highest BCUT2D eigenvalue weighted by molar-refractivity contribution is 5.79. The molecule has 0 atom stereocenters. The van der Waals surface area contributed by atoms with Gasteiger partial charge in [-0.15, -0.1) is 0 Å². The molecule has 0 bridgehead atoms. The number of pyridine rings is 1. The minimum absolute atomic E-state index is 0.00409. The molecule has 0 N–H and O–H groups in total. The van der Waals surface area contributed by atoms with Crippen LogP contribution in [0.5, 0.6) is 5.75 Å². The molecule has 0 saturated carbocycles. The van der Waals surface area contributed by atoms with Gasteiger partial charge in [0.2, 0.25) is 5.91 Å². The maximum absolute atomic E-state index is 12.7. The third-order valence-corrected chi connectivity index (χ3v) is 5.87. The molecular formula is C24H25F3N4O3. The van der Waals surface area contributed by atoms with Crippen LogP contribution in [-0.4, -0.2) is 47.1 Å². The van der Waals surface area contributed by atoms with Crippen molar-refractivity contribution in [2.75, 3.05) is 31.1 Å². The van der Waals surface area contributed by atoms with Crippen LogP contribution in [0.15, 0.2) is 47.1 Å². The number of ether oxygens (including phenoxy) is 1. The molecule has 3 heterocycles. The Bertz CT molecular complexity index is 1100. The predicted octanol–water partition coefficient (Wildman–Crippen LogP) is 4.18. The van der Waals surface area contributed by atoms with Gasteiger partial charge in [0.25, 0.3) is 0 Å². The largest absolute Gasteiger partial charge is 0.489 e. The van der Waals surface area contributed by atoms with Crippen molar-refractivity contribution in [1.29, 1.82) is 0 Å². The molecule has 0 spiro atoms. The number of benzene rings is 1. The summed E-state index contributed by atoms with van der Waals surface area (Å²) in [6, 6.07) is 9.78. The number of nitrogens with zero attached hydrogens (tertiary/aromatic N) is 4. The molecule has 1 saturated heterocycles. The van der Waals surface area contributed by atoms with Crippen LogP contribution < -0.4 is 9.64 Å². The van der Waals surface area contributed by atoms with Crippen LogP contribution in [0.1, 0.15) is 28.1 Å². The molecule has 1 aliphatic rings. The zero-order valence-corrected chi connectivity index (χ0v) is 18.9. The van der Waals surface area contributed by atoms with E-state index in [-0.39, 0.29) is 12.3 Å². The predicted molar refractivity (Wildman–Crippen MR) is 118 cm³/mol. The van der Waals surface area contributed by atoms with Crippen molar-refractivity contribution in [3.8, 4) is 5.75 Å². The number of halogens is 3. The highest BCUT2D eigenvalue weighted by Gasteiger charge is 2.31. The van der Waals surface area contributed by atoms with E-state index in [1.807, 2.05) is 43.0 Å². The Balaban J connectivity index is 1.26. The van der Waals surface area contributed by atoms with Crippen LogP contribution in [0.4, 0.5) is 19.0 Å². The van der Waals surface area contributed by atoms with Gasteiger partial charge < -0.3 is 19.1 Å². The number of anilines is 1. The van der Waals surface area contributed by atoms with E-state index in [9.17, 15) is 18.0 Å². The molecule has 7 nitrogen and oxygen atoms in total. The topological polar surface area (TPSA) is 71.7 Å². The van der Waals surface area contributed by atoms with Gasteiger partial charge in [-0.25, -0.2) is 4.98 Å². The lowest BCUT2D eigenvalue weighted by Crippen LogP contribution is -2.49. The van der Waals surface area contributed by atoms with E-state index in [1.54, 1.807) is 4.90 Å². The lowest BCUT2D eigenvalue weighted by Gasteiger charge is -2.35. The number of amides is 1. The highest BCUT2D eigenvalue weighted by Crippen LogP contribution is 2.29. The van der Waals surface area contributed by atoms with Gasteiger partial charge in [0.1, 0.15) is 23.9 Å². The monoisotopic (exact) mass is 474 g/mol. The summed E-state index contributed by atoms with van der Waals surface area (Å²) in [6.07, 6.45) is -3.30. The second kappa shape index (κ2) is 9.74. The van der Waals surface area contributed by atoms with Gasteiger partial charge in [0, 0.05) is 32.4 Å². The number of aromatic nitrogens is 2. The summed E-state index contributed by atoms with van der Waals surface area (Å²) >= 11 is 0. The van der Waals surface area contributed by atoms with Crippen LogP contribution in [0.25, 0.3) is 0 Å². The van der Waals surface area contributed by atoms with E-state index >= 15 is 0 Å². The first-order valence-corrected chi connectivity index (χ1v) is 10.9. The molecule has 0 unspecified atom stereocenters. The Labute approximate surface area is 195 Å². The number of aryl methyl sites for hydroxylation is 2. The first-order chi connectivity index (χ1) is 16.2. The van der Waals surface area contributed by atoms with Crippen molar-refractivity contribution in [3.63, 3.8) is 0 Å². The first-order valence-electron chi connectivity index (χ1n) is 10.9. The van der Waals surface area contributed by atoms with Crippen LogP contribution in [0.2, 0.25) is 0 Å². The van der Waals surface area contributed by atoms with Crippen molar-refractivity contribution in [2.45, 2.75) is 33.1 Å². The Morgan fingerprint density at radius 1 is 1.06 bits per heavy atom. The van der Waals surface area contributed by atoms with Gasteiger partial charge in [0.15, 0.2) is 0 Å². The minimum Gasteiger partial charge on any atom is -0.489 e. The third kappa shape index (κ3) is 5.49. The Morgan fingerprint density at radius 2 is 1.76 bits per heavy atom. The molecule has 2 aromatic heterocycles. The van der Waals surface area contributed by atoms with Crippen molar-refractivity contribution in [1.82, 2.24) is 15.0 Å². The normalized spacial score (nSPS) is 14.4. The molecule has 1 aliphatic heterocycles. The molecule has 10 heteroatoms. The smallest absolute Gasteiger partial charge is 0.417 e. The standard InChI is InChI=1S/C24H25F3N4O3/c1-16-21(17(2)34-29-16)15-33-20-6-3-18(4-7-20)13-23(32)31-11-9-30(10-12-31)22-8-5-19(14-28-22)24(25,26)27/h3-8,14H,9-13,15H2,1-2H3. The van der Waals surface area contributed by atoms with Crippen LogP contribution in [0.3, 0.4) is 0 Å². The fourth-order valence-electron chi connectivity index (χ4n) is 3.78. The SMILES string of the molecule is Cc1noc(C)c1COc1ccc(CC(=O)N2CCN(c3ccc(C(F)(F)F)cn3)CC2)cc1. The van der Waals surface area contributed by atoms with Crippen LogP contribution in [0, 0.1) is 13.8 Å². The van der Waals surface area contributed by atoms with Gasteiger partial charge in [-0.05, 0) is 43.7 Å². The summed E-state index contributed by atoms with van der Waals surface area (Å²) in [5.74, 6) is 1.90. The molecule has 180 valence electrons. The second-order valence-electron chi connectivity index (χ2n) is 8.18. The molecule has 1 aromatic carbocycles. The number of hydrogen-bond acceptors (Lipinski definition) is 6. The molecule has 34 heavy (non-hydrogen) atoms. The molecule has 4 rings (SSSR count). The van der Waals surface area contributed by atoms with Crippen LogP contribution >= 0.6 is 0 Å². The van der Waals surface area contributed by atoms with Crippen molar-refractivity contribution >= 4 is 11.7 Å². The highest BCUT2D eigenvalue weighted by atomic mass is 19.4. The summed E-state index contributed by atoms with van der Waals surface area (Å²) in [5, 5.41) is 3.91. The van der Waals surface area contributed by atoms with Crippen molar-refractivity contribution < 1.29 is 27.2 Å². The zero-order valence-electron chi connectivity index (χ0n) is 18.9. The third-order valence-electron chi connectivity index (χ3n) is 5.87. The van der Waals surface area contributed by atoms with E-state index in [4.69, 9.17) is 9.26 Å². The number of piperazine rings is 1. The fraction of sp³-hybridized carbons (Fsp3) is 0.375. The number of alkyl halides is 3. The molecule has 1 amide bonds. The average Bonchev–Trinajstić information content (AvgIpc) is 3.15. The summed E-state index contributed by atoms with van der Waals surface area (Å²) in [6.45, 7) is 6.06. The van der Waals surface area contributed by atoms with Crippen molar-refractivity contribution in [3.05, 3.63) is 70.7 Å². The van der Waals surface area contributed by atoms with Gasteiger partial charge in [-0.2, -0.15) is 13.2 Å². The van der Waals surface area contributed by atoms with Crippen molar-refractivity contribution in [2.24, 2.45) is 0 Å². The summed E-state index contributed by atoms with van der Waals surface area (Å²) in [7, 11) is 0. The number of hydrogen-bond donors (Lipinski definition) is 0. The van der Waals surface area contributed by atoms with Gasteiger partial charge in [-0.3, -0.25) is 4.79 Å².